The van der Waals surface area contributed by atoms with Crippen LogP contribution in [0.3, 0.4) is 0 Å². The quantitative estimate of drug-likeness (QED) is 0.341. The van der Waals surface area contributed by atoms with Gasteiger partial charge in [-0.3, -0.25) is 14.6 Å². The van der Waals surface area contributed by atoms with Crippen molar-refractivity contribution in [1.29, 1.82) is 0 Å². The summed E-state index contributed by atoms with van der Waals surface area (Å²) in [5.41, 5.74) is 0.286. The van der Waals surface area contributed by atoms with E-state index in [4.69, 9.17) is 39.5 Å². The third-order valence-corrected chi connectivity index (χ3v) is 6.59. The summed E-state index contributed by atoms with van der Waals surface area (Å²) in [5.74, 6) is -1.05. The molecule has 10 heteroatoms. The highest BCUT2D eigenvalue weighted by Gasteiger charge is 2.51. The molecule has 188 valence electrons. The molecule has 2 N–H and O–H groups in total. The van der Waals surface area contributed by atoms with Crippen LogP contribution in [0.1, 0.15) is 48.8 Å². The Hall–Kier alpha value is -2.87. The summed E-state index contributed by atoms with van der Waals surface area (Å²) in [6, 6.07) is 10.2. The zero-order valence-electron chi connectivity index (χ0n) is 19.5. The minimum absolute atomic E-state index is 0.0511. The van der Waals surface area contributed by atoms with Crippen LogP contribution in [0.5, 0.6) is 5.75 Å². The van der Waals surface area contributed by atoms with E-state index in [9.17, 15) is 9.59 Å². The van der Waals surface area contributed by atoms with Crippen molar-refractivity contribution in [2.75, 3.05) is 6.61 Å². The van der Waals surface area contributed by atoms with Crippen LogP contribution >= 0.6 is 34.8 Å². The van der Waals surface area contributed by atoms with E-state index in [0.717, 1.165) is 0 Å². The fourth-order valence-electron chi connectivity index (χ4n) is 3.84. The largest absolute Gasteiger partial charge is 0.492 e. The second-order valence-corrected chi connectivity index (χ2v) is 9.81. The van der Waals surface area contributed by atoms with E-state index in [1.807, 2.05) is 6.92 Å². The van der Waals surface area contributed by atoms with Crippen LogP contribution in [-0.2, 0) is 4.79 Å². The molecule has 1 atom stereocenters. The van der Waals surface area contributed by atoms with Gasteiger partial charge >= 0.3 is 0 Å². The summed E-state index contributed by atoms with van der Waals surface area (Å²) in [5, 5.41) is 6.65. The fourth-order valence-corrected chi connectivity index (χ4v) is 4.57. The Bertz CT molecular complexity index is 1330. The molecule has 4 rings (SSSR count). The summed E-state index contributed by atoms with van der Waals surface area (Å²) >= 11 is 18.4. The molecular weight excluding hydrogens is 528 g/mol. The maximum absolute atomic E-state index is 15.1. The van der Waals surface area contributed by atoms with E-state index in [-0.39, 0.29) is 5.69 Å². The number of benzene rings is 2. The topological polar surface area (TPSA) is 80.3 Å². The zero-order chi connectivity index (χ0) is 26.0. The van der Waals surface area contributed by atoms with Gasteiger partial charge in [0.25, 0.3) is 5.91 Å². The minimum atomic E-state index is -1.05. The number of rotatable bonds is 8. The van der Waals surface area contributed by atoms with Crippen LogP contribution in [0.2, 0.25) is 15.1 Å². The summed E-state index contributed by atoms with van der Waals surface area (Å²) < 4.78 is 20.8. The lowest BCUT2D eigenvalue weighted by molar-refractivity contribution is -0.124. The highest BCUT2D eigenvalue weighted by Crippen LogP contribution is 2.40. The number of carbonyl (C=O) groups is 2. The van der Waals surface area contributed by atoms with Crippen LogP contribution in [0.25, 0.3) is 11.1 Å². The first-order valence-electron chi connectivity index (χ1n) is 11.3. The van der Waals surface area contributed by atoms with Crippen LogP contribution < -0.4 is 15.4 Å². The van der Waals surface area contributed by atoms with Gasteiger partial charge in [0.1, 0.15) is 17.1 Å². The van der Waals surface area contributed by atoms with Crippen molar-refractivity contribution in [3.8, 4) is 16.9 Å². The molecule has 0 spiro atoms. The van der Waals surface area contributed by atoms with E-state index in [1.165, 1.54) is 18.3 Å². The van der Waals surface area contributed by atoms with Crippen molar-refractivity contribution in [2.24, 2.45) is 0 Å². The van der Waals surface area contributed by atoms with Crippen LogP contribution in [0.15, 0.2) is 48.7 Å². The number of halogens is 4. The maximum atomic E-state index is 15.1. The molecule has 0 aliphatic heterocycles. The van der Waals surface area contributed by atoms with Crippen molar-refractivity contribution in [2.45, 2.75) is 38.3 Å². The first-order chi connectivity index (χ1) is 17.1. The number of nitrogens with one attached hydrogen (secondary N) is 2. The SMILES string of the molecule is CCOc1c(Cl)cc(Cl)cc1-c1cnc([C@@H](C)NC(=O)C2(NC(=O)c3cccc(Cl)c3)CC2)c(F)c1. The van der Waals surface area contributed by atoms with Crippen molar-refractivity contribution < 1.29 is 18.7 Å². The molecular formula is C26H23Cl3FN3O3. The van der Waals surface area contributed by atoms with Crippen LogP contribution in [0, 0.1) is 5.82 Å². The highest BCUT2D eigenvalue weighted by atomic mass is 35.5. The molecule has 1 aromatic heterocycles. The number of aromatic nitrogens is 1. The van der Waals surface area contributed by atoms with Crippen molar-refractivity contribution in [3.63, 3.8) is 0 Å². The Labute approximate surface area is 223 Å². The van der Waals surface area contributed by atoms with E-state index in [1.54, 1.807) is 37.3 Å². The van der Waals surface area contributed by atoms with Gasteiger partial charge < -0.3 is 15.4 Å². The second-order valence-electron chi connectivity index (χ2n) is 8.53. The number of hydrogen-bond acceptors (Lipinski definition) is 4. The Morgan fingerprint density at radius 3 is 2.53 bits per heavy atom. The molecule has 0 saturated heterocycles. The van der Waals surface area contributed by atoms with Gasteiger partial charge in [0.2, 0.25) is 5.91 Å². The number of hydrogen-bond donors (Lipinski definition) is 2. The predicted molar refractivity (Wildman–Crippen MR) is 138 cm³/mol. The molecule has 1 aliphatic rings. The monoisotopic (exact) mass is 549 g/mol. The number of pyridine rings is 1. The first-order valence-corrected chi connectivity index (χ1v) is 12.4. The van der Waals surface area contributed by atoms with Crippen LogP contribution in [0.4, 0.5) is 4.39 Å². The average molecular weight is 551 g/mol. The predicted octanol–water partition coefficient (Wildman–Crippen LogP) is 6.39. The molecule has 3 aromatic rings. The van der Waals surface area contributed by atoms with Gasteiger partial charge in [-0.2, -0.15) is 0 Å². The Kier molecular flexibility index (Phi) is 7.73. The molecule has 0 unspecified atom stereocenters. The lowest BCUT2D eigenvalue weighted by Crippen LogP contribution is -2.49. The molecule has 1 fully saturated rings. The third-order valence-electron chi connectivity index (χ3n) is 5.86. The Morgan fingerprint density at radius 1 is 1.14 bits per heavy atom. The molecule has 1 saturated carbocycles. The summed E-state index contributed by atoms with van der Waals surface area (Å²) in [4.78, 5) is 29.9. The summed E-state index contributed by atoms with van der Waals surface area (Å²) in [7, 11) is 0. The maximum Gasteiger partial charge on any atom is 0.252 e. The van der Waals surface area contributed by atoms with E-state index < -0.39 is 29.2 Å². The molecule has 2 aromatic carbocycles. The van der Waals surface area contributed by atoms with Crippen molar-refractivity contribution in [3.05, 3.63) is 80.8 Å². The molecule has 36 heavy (non-hydrogen) atoms. The summed E-state index contributed by atoms with van der Waals surface area (Å²) in [6.45, 7) is 3.80. The van der Waals surface area contributed by atoms with Gasteiger partial charge in [0.05, 0.1) is 23.4 Å². The lowest BCUT2D eigenvalue weighted by atomic mass is 10.0. The van der Waals surface area contributed by atoms with E-state index in [2.05, 4.69) is 15.6 Å². The Morgan fingerprint density at radius 2 is 1.89 bits per heavy atom. The molecule has 2 amide bonds. The number of amides is 2. The number of carbonyl (C=O) groups excluding carboxylic acids is 2. The molecule has 6 nitrogen and oxygen atoms in total. The van der Waals surface area contributed by atoms with Crippen molar-refractivity contribution >= 4 is 46.6 Å². The number of nitrogens with zero attached hydrogens (tertiary/aromatic N) is 1. The van der Waals surface area contributed by atoms with E-state index in [0.29, 0.717) is 57.0 Å². The first kappa shape index (κ1) is 26.2. The van der Waals surface area contributed by atoms with Gasteiger partial charge in [-0.15, -0.1) is 0 Å². The minimum Gasteiger partial charge on any atom is -0.492 e. The number of ether oxygens (including phenoxy) is 1. The van der Waals surface area contributed by atoms with Crippen molar-refractivity contribution in [1.82, 2.24) is 15.6 Å². The zero-order valence-corrected chi connectivity index (χ0v) is 21.8. The van der Waals surface area contributed by atoms with Gasteiger partial charge in [-0.1, -0.05) is 40.9 Å². The van der Waals surface area contributed by atoms with E-state index >= 15 is 4.39 Å². The Balaban J connectivity index is 1.49. The van der Waals surface area contributed by atoms with Gasteiger partial charge in [-0.25, -0.2) is 4.39 Å². The van der Waals surface area contributed by atoms with Gasteiger partial charge in [-0.05, 0) is 63.1 Å². The fraction of sp³-hybridized carbons (Fsp3) is 0.269. The second kappa shape index (κ2) is 10.6. The molecule has 0 radical (unpaired) electrons. The standard InChI is InChI=1S/C26H23Cl3FN3O3/c1-3-36-23-19(11-18(28)12-20(23)29)16-10-21(30)22(31-13-16)14(2)32-25(35)26(7-8-26)33-24(34)15-5-4-6-17(27)9-15/h4-6,9-14H,3,7-8H2,1-2H3,(H,32,35)(H,33,34)/t14-/m1/s1. The van der Waals surface area contributed by atoms with Gasteiger partial charge in [0.15, 0.2) is 0 Å². The third kappa shape index (κ3) is 5.59. The smallest absolute Gasteiger partial charge is 0.252 e. The summed E-state index contributed by atoms with van der Waals surface area (Å²) in [6.07, 6.45) is 2.42. The lowest BCUT2D eigenvalue weighted by Gasteiger charge is -2.21. The van der Waals surface area contributed by atoms with Gasteiger partial charge in [0, 0.05) is 32.9 Å². The molecule has 1 heterocycles. The molecule has 1 aliphatic carbocycles. The average Bonchev–Trinajstić information content (AvgIpc) is 3.61. The highest BCUT2D eigenvalue weighted by molar-refractivity contribution is 6.36. The molecule has 0 bridgehead atoms. The van der Waals surface area contributed by atoms with Crippen LogP contribution in [-0.4, -0.2) is 28.9 Å². The normalized spacial score (nSPS) is 14.6.